The van der Waals surface area contributed by atoms with Crippen molar-refractivity contribution in [2.75, 3.05) is 7.11 Å². The molecule has 0 radical (unpaired) electrons. The Balaban J connectivity index is 1.30. The third-order valence-electron chi connectivity index (χ3n) is 6.29. The molecule has 0 bridgehead atoms. The Morgan fingerprint density at radius 2 is 1.78 bits per heavy atom. The first-order valence-corrected chi connectivity index (χ1v) is 12.0. The van der Waals surface area contributed by atoms with Crippen molar-refractivity contribution in [3.05, 3.63) is 101 Å². The Hall–Kier alpha value is -4.20. The molecule has 0 aliphatic heterocycles. The number of hydrogen-bond acceptors (Lipinski definition) is 5. The number of ether oxygens (including phenoxy) is 2. The molecule has 0 atom stereocenters. The van der Waals surface area contributed by atoms with Crippen molar-refractivity contribution >= 4 is 5.91 Å². The molecule has 0 saturated carbocycles. The van der Waals surface area contributed by atoms with E-state index in [4.69, 9.17) is 9.47 Å². The lowest BCUT2D eigenvalue weighted by molar-refractivity contribution is 0.0944. The molecule has 1 aliphatic carbocycles. The van der Waals surface area contributed by atoms with Crippen molar-refractivity contribution in [2.45, 2.75) is 38.8 Å². The number of halogens is 1. The zero-order valence-corrected chi connectivity index (χ0v) is 20.0. The van der Waals surface area contributed by atoms with Gasteiger partial charge in [-0.15, -0.1) is 0 Å². The number of pyridine rings is 1. The number of carbonyl (C=O) groups is 1. The molecule has 4 aromatic rings. The number of amides is 1. The average molecular weight is 487 g/mol. The molecule has 36 heavy (non-hydrogen) atoms. The normalized spacial score (nSPS) is 12.6. The number of fused-ring (bicyclic) bond motifs is 1. The van der Waals surface area contributed by atoms with Crippen LogP contribution in [0.2, 0.25) is 0 Å². The summed E-state index contributed by atoms with van der Waals surface area (Å²) >= 11 is 0. The summed E-state index contributed by atoms with van der Waals surface area (Å²) in [5.41, 5.74) is 5.06. The number of methoxy groups -OCH3 is 1. The number of hydrogen-bond donors (Lipinski definition) is 1. The van der Waals surface area contributed by atoms with Crippen LogP contribution in [0.3, 0.4) is 0 Å². The van der Waals surface area contributed by atoms with Gasteiger partial charge in [0.1, 0.15) is 12.4 Å². The maximum absolute atomic E-state index is 13.4. The minimum absolute atomic E-state index is 0.231. The lowest BCUT2D eigenvalue weighted by atomic mass is 9.95. The van der Waals surface area contributed by atoms with Crippen molar-refractivity contribution in [3.63, 3.8) is 0 Å². The van der Waals surface area contributed by atoms with Gasteiger partial charge < -0.3 is 14.8 Å². The first-order chi connectivity index (χ1) is 17.6. The SMILES string of the molecule is COc1cc(CNC(=O)c2nn(-c3ccc(F)cc3)c3c2CCCC3)ccc1OCc1ccncc1. The fraction of sp³-hybridized carbons (Fsp3) is 0.250. The fourth-order valence-electron chi connectivity index (χ4n) is 4.42. The van der Waals surface area contributed by atoms with Crippen LogP contribution in [0.1, 0.15) is 45.7 Å². The van der Waals surface area contributed by atoms with Gasteiger partial charge in [-0.05, 0) is 85.3 Å². The van der Waals surface area contributed by atoms with Crippen molar-refractivity contribution < 1.29 is 18.7 Å². The second-order valence-electron chi connectivity index (χ2n) is 8.68. The Morgan fingerprint density at radius 3 is 2.56 bits per heavy atom. The number of rotatable bonds is 8. The first kappa shape index (κ1) is 23.5. The fourth-order valence-corrected chi connectivity index (χ4v) is 4.42. The number of nitrogens with zero attached hydrogens (tertiary/aromatic N) is 3. The predicted molar refractivity (Wildman–Crippen MR) is 133 cm³/mol. The van der Waals surface area contributed by atoms with Crippen LogP contribution in [0.25, 0.3) is 5.69 Å². The molecule has 8 heteroatoms. The van der Waals surface area contributed by atoms with Crippen LogP contribution in [0.4, 0.5) is 4.39 Å². The zero-order valence-electron chi connectivity index (χ0n) is 20.0. The molecule has 0 spiro atoms. The van der Waals surface area contributed by atoms with Gasteiger partial charge in [-0.2, -0.15) is 5.10 Å². The number of benzene rings is 2. The molecule has 0 saturated heterocycles. The Morgan fingerprint density at radius 1 is 1.00 bits per heavy atom. The Bertz CT molecular complexity index is 1350. The van der Waals surface area contributed by atoms with E-state index in [1.807, 2.05) is 30.3 Å². The molecule has 1 N–H and O–H groups in total. The molecule has 0 unspecified atom stereocenters. The van der Waals surface area contributed by atoms with Crippen molar-refractivity contribution in [3.8, 4) is 17.2 Å². The molecule has 7 nitrogen and oxygen atoms in total. The summed E-state index contributed by atoms with van der Waals surface area (Å²) in [5.74, 6) is 0.679. The van der Waals surface area contributed by atoms with Crippen LogP contribution in [0, 0.1) is 5.82 Å². The standard InChI is InChI=1S/C28H27FN4O3/c1-35-26-16-20(6-11-25(26)36-18-19-12-14-30-15-13-19)17-31-28(34)27-23-4-2-3-5-24(23)33(32-27)22-9-7-21(29)8-10-22/h6-16H,2-5,17-18H2,1H3,(H,31,34). The maximum atomic E-state index is 13.4. The summed E-state index contributed by atoms with van der Waals surface area (Å²) in [4.78, 5) is 17.2. The average Bonchev–Trinajstić information content (AvgIpc) is 3.31. The monoisotopic (exact) mass is 486 g/mol. The summed E-state index contributed by atoms with van der Waals surface area (Å²) < 4.78 is 26.6. The van der Waals surface area contributed by atoms with Crippen molar-refractivity contribution in [1.29, 1.82) is 0 Å². The second-order valence-corrected chi connectivity index (χ2v) is 8.68. The van der Waals surface area contributed by atoms with E-state index in [9.17, 15) is 9.18 Å². The van der Waals surface area contributed by atoms with Gasteiger partial charge in [0.05, 0.1) is 12.8 Å². The van der Waals surface area contributed by atoms with Crippen LogP contribution in [0.5, 0.6) is 11.5 Å². The number of aromatic nitrogens is 3. The lowest BCUT2D eigenvalue weighted by Gasteiger charge is -2.14. The molecule has 0 fully saturated rings. The predicted octanol–water partition coefficient (Wildman–Crippen LogP) is 4.80. The Labute approximate surface area is 208 Å². The van der Waals surface area contributed by atoms with Crippen LogP contribution in [0.15, 0.2) is 67.0 Å². The summed E-state index contributed by atoms with van der Waals surface area (Å²) in [5, 5.41) is 7.63. The minimum atomic E-state index is -0.304. The highest BCUT2D eigenvalue weighted by molar-refractivity contribution is 5.94. The third-order valence-corrected chi connectivity index (χ3v) is 6.29. The molecule has 2 aromatic carbocycles. The molecule has 2 heterocycles. The first-order valence-electron chi connectivity index (χ1n) is 12.0. The quantitative estimate of drug-likeness (QED) is 0.387. The van der Waals surface area contributed by atoms with Crippen LogP contribution in [-0.4, -0.2) is 27.8 Å². The molecule has 184 valence electrons. The highest BCUT2D eigenvalue weighted by Crippen LogP contribution is 2.30. The van der Waals surface area contributed by atoms with Gasteiger partial charge in [0.25, 0.3) is 5.91 Å². The van der Waals surface area contributed by atoms with Crippen molar-refractivity contribution in [2.24, 2.45) is 0 Å². The molecular formula is C28H27FN4O3. The van der Waals surface area contributed by atoms with E-state index < -0.39 is 0 Å². The molecule has 1 amide bonds. The number of carbonyl (C=O) groups excluding carboxylic acids is 1. The van der Waals surface area contributed by atoms with Gasteiger partial charge in [-0.3, -0.25) is 9.78 Å². The van der Waals surface area contributed by atoms with Gasteiger partial charge in [-0.1, -0.05) is 6.07 Å². The molecule has 5 rings (SSSR count). The lowest BCUT2D eigenvalue weighted by Crippen LogP contribution is -2.24. The Kier molecular flexibility index (Phi) is 6.93. The highest BCUT2D eigenvalue weighted by Gasteiger charge is 2.25. The topological polar surface area (TPSA) is 78.3 Å². The summed E-state index contributed by atoms with van der Waals surface area (Å²) in [6, 6.07) is 15.6. The number of nitrogens with one attached hydrogen (secondary N) is 1. The van der Waals surface area contributed by atoms with Gasteiger partial charge in [0, 0.05) is 30.2 Å². The minimum Gasteiger partial charge on any atom is -0.493 e. The van der Waals surface area contributed by atoms with Gasteiger partial charge in [0.2, 0.25) is 0 Å². The summed E-state index contributed by atoms with van der Waals surface area (Å²) in [6.45, 7) is 0.717. The highest BCUT2D eigenvalue weighted by atomic mass is 19.1. The van der Waals surface area contributed by atoms with Gasteiger partial charge in [0.15, 0.2) is 17.2 Å². The van der Waals surface area contributed by atoms with E-state index in [1.165, 1.54) is 12.1 Å². The molecular weight excluding hydrogens is 459 g/mol. The smallest absolute Gasteiger partial charge is 0.272 e. The zero-order chi connectivity index (χ0) is 24.9. The van der Waals surface area contributed by atoms with E-state index in [1.54, 1.807) is 36.3 Å². The third kappa shape index (κ3) is 5.07. The van der Waals surface area contributed by atoms with E-state index in [0.29, 0.717) is 30.3 Å². The van der Waals surface area contributed by atoms with E-state index in [2.05, 4.69) is 15.4 Å². The van der Waals surface area contributed by atoms with E-state index in [0.717, 1.165) is 53.8 Å². The second kappa shape index (κ2) is 10.6. The van der Waals surface area contributed by atoms with Gasteiger partial charge >= 0.3 is 0 Å². The van der Waals surface area contributed by atoms with Crippen LogP contribution >= 0.6 is 0 Å². The maximum Gasteiger partial charge on any atom is 0.272 e. The van der Waals surface area contributed by atoms with Crippen LogP contribution < -0.4 is 14.8 Å². The van der Waals surface area contributed by atoms with Crippen molar-refractivity contribution in [1.82, 2.24) is 20.1 Å². The van der Waals surface area contributed by atoms with E-state index >= 15 is 0 Å². The molecule has 2 aromatic heterocycles. The van der Waals surface area contributed by atoms with E-state index in [-0.39, 0.29) is 11.7 Å². The molecule has 1 aliphatic rings. The summed E-state index contributed by atoms with van der Waals surface area (Å²) in [7, 11) is 1.59. The van der Waals surface area contributed by atoms with Crippen LogP contribution in [-0.2, 0) is 26.0 Å². The van der Waals surface area contributed by atoms with Gasteiger partial charge in [-0.25, -0.2) is 9.07 Å². The largest absolute Gasteiger partial charge is 0.493 e. The summed E-state index contributed by atoms with van der Waals surface area (Å²) in [6.07, 6.45) is 7.14.